The average molecular weight is 545 g/mol. The highest BCUT2D eigenvalue weighted by atomic mass is 32.2. The van der Waals surface area contributed by atoms with Gasteiger partial charge in [0.15, 0.2) is 0 Å². The van der Waals surface area contributed by atoms with Crippen LogP contribution in [-0.4, -0.2) is 30.7 Å². The van der Waals surface area contributed by atoms with E-state index in [1.165, 1.54) is 25.0 Å². The summed E-state index contributed by atoms with van der Waals surface area (Å²) in [5, 5.41) is 16.4. The van der Waals surface area contributed by atoms with Gasteiger partial charge in [0, 0.05) is 12.2 Å². The molecular weight excluding hydrogens is 512 g/mol. The van der Waals surface area contributed by atoms with Crippen molar-refractivity contribution in [2.45, 2.75) is 37.2 Å². The van der Waals surface area contributed by atoms with Crippen LogP contribution in [0.25, 0.3) is 5.69 Å². The first-order chi connectivity index (χ1) is 18.7. The van der Waals surface area contributed by atoms with Crippen LogP contribution in [0.4, 0.5) is 5.69 Å². The number of nitrogens with one attached hydrogen (secondary N) is 2. The van der Waals surface area contributed by atoms with Crippen LogP contribution in [0.2, 0.25) is 0 Å². The summed E-state index contributed by atoms with van der Waals surface area (Å²) in [6.07, 6.45) is 2.39. The molecule has 0 aliphatic heterocycles. The summed E-state index contributed by atoms with van der Waals surface area (Å²) in [5.41, 5.74) is 11.1. The molecule has 1 atom stereocenters. The first kappa shape index (κ1) is 26.8. The highest BCUT2D eigenvalue weighted by Gasteiger charge is 2.24. The standard InChI is InChI=1S/C29H32N6O3S/c1-19-14-27(35(34-19)25-7-2-4-21(15-25)17-30)29(36)33-24-6-3-5-23(16-24)28(32-18-20-8-9-20)22-10-12-26(13-11-22)39(31,37)38/h2-7,10-16,20,28,32H,8-9,17-18,30H2,1H3,(H,33,36)(H2,31,37,38). The van der Waals surface area contributed by atoms with Crippen LogP contribution in [0.1, 0.15) is 51.8 Å². The van der Waals surface area contributed by atoms with Crippen molar-refractivity contribution in [2.75, 3.05) is 11.9 Å². The summed E-state index contributed by atoms with van der Waals surface area (Å²) in [4.78, 5) is 13.5. The SMILES string of the molecule is Cc1cc(C(=O)Nc2cccc(C(NCC3CC3)c3ccc(S(N)(=O)=O)cc3)c2)n(-c2cccc(CN)c2)n1. The summed E-state index contributed by atoms with van der Waals surface area (Å²) in [6.45, 7) is 3.08. The summed E-state index contributed by atoms with van der Waals surface area (Å²) < 4.78 is 25.1. The molecule has 0 radical (unpaired) electrons. The minimum Gasteiger partial charge on any atom is -0.326 e. The number of sulfonamides is 1. The third-order valence-corrected chi connectivity index (χ3v) is 7.71. The van der Waals surface area contributed by atoms with Crippen LogP contribution in [0.3, 0.4) is 0 Å². The van der Waals surface area contributed by atoms with Gasteiger partial charge in [-0.15, -0.1) is 0 Å². The summed E-state index contributed by atoms with van der Waals surface area (Å²) >= 11 is 0. The lowest BCUT2D eigenvalue weighted by Gasteiger charge is -2.21. The van der Waals surface area contributed by atoms with Gasteiger partial charge in [-0.2, -0.15) is 5.10 Å². The van der Waals surface area contributed by atoms with Gasteiger partial charge in [-0.1, -0.05) is 36.4 Å². The second-order valence-electron chi connectivity index (χ2n) is 9.94. The molecule has 4 aromatic rings. The highest BCUT2D eigenvalue weighted by molar-refractivity contribution is 7.89. The number of aryl methyl sites for hydroxylation is 1. The van der Waals surface area contributed by atoms with Gasteiger partial charge in [0.25, 0.3) is 5.91 Å². The molecule has 1 aliphatic rings. The Hall–Kier alpha value is -3.83. The molecule has 1 amide bonds. The van der Waals surface area contributed by atoms with Gasteiger partial charge in [-0.3, -0.25) is 4.79 Å². The number of carbonyl (C=O) groups is 1. The predicted octanol–water partition coefficient (Wildman–Crippen LogP) is 3.63. The molecule has 1 saturated carbocycles. The van der Waals surface area contributed by atoms with Gasteiger partial charge in [0.05, 0.1) is 22.3 Å². The van der Waals surface area contributed by atoms with Crippen LogP contribution in [0.15, 0.2) is 83.8 Å². The second kappa shape index (κ2) is 11.1. The number of hydrogen-bond acceptors (Lipinski definition) is 6. The Balaban J connectivity index is 1.41. The van der Waals surface area contributed by atoms with Gasteiger partial charge >= 0.3 is 0 Å². The Bertz CT molecular complexity index is 1590. The van der Waals surface area contributed by atoms with E-state index in [0.29, 0.717) is 23.8 Å². The Kier molecular flexibility index (Phi) is 7.62. The topological polar surface area (TPSA) is 145 Å². The zero-order valence-corrected chi connectivity index (χ0v) is 22.5. The Morgan fingerprint density at radius 1 is 1.03 bits per heavy atom. The van der Waals surface area contributed by atoms with Crippen LogP contribution in [0.5, 0.6) is 0 Å². The van der Waals surface area contributed by atoms with Crippen molar-refractivity contribution < 1.29 is 13.2 Å². The minimum atomic E-state index is -3.78. The Morgan fingerprint density at radius 2 is 1.77 bits per heavy atom. The minimum absolute atomic E-state index is 0.0668. The monoisotopic (exact) mass is 544 g/mol. The van der Waals surface area contributed by atoms with Gasteiger partial charge in [-0.25, -0.2) is 18.2 Å². The average Bonchev–Trinajstić information content (AvgIpc) is 3.67. The quantitative estimate of drug-likeness (QED) is 0.240. The summed E-state index contributed by atoms with van der Waals surface area (Å²) in [7, 11) is -3.78. The maximum Gasteiger partial charge on any atom is 0.274 e. The van der Waals surface area contributed by atoms with Crippen molar-refractivity contribution in [3.8, 4) is 5.69 Å². The molecule has 202 valence electrons. The number of aromatic nitrogens is 2. The number of amides is 1. The highest BCUT2D eigenvalue weighted by Crippen LogP contribution is 2.31. The normalized spacial score (nSPS) is 14.2. The summed E-state index contributed by atoms with van der Waals surface area (Å²) in [6, 6.07) is 23.4. The number of carbonyl (C=O) groups excluding carboxylic acids is 1. The molecular formula is C29H32N6O3S. The second-order valence-corrected chi connectivity index (χ2v) is 11.5. The van der Waals surface area contributed by atoms with E-state index in [0.717, 1.165) is 34.6 Å². The number of rotatable bonds is 10. The van der Waals surface area contributed by atoms with E-state index < -0.39 is 10.0 Å². The Labute approximate surface area is 228 Å². The largest absolute Gasteiger partial charge is 0.326 e. The molecule has 6 N–H and O–H groups in total. The Morgan fingerprint density at radius 3 is 2.46 bits per heavy atom. The van der Waals surface area contributed by atoms with E-state index in [-0.39, 0.29) is 16.8 Å². The van der Waals surface area contributed by atoms with Crippen molar-refractivity contribution in [3.05, 3.63) is 107 Å². The van der Waals surface area contributed by atoms with E-state index in [9.17, 15) is 13.2 Å². The van der Waals surface area contributed by atoms with Gasteiger partial charge < -0.3 is 16.4 Å². The molecule has 1 heterocycles. The van der Waals surface area contributed by atoms with Crippen molar-refractivity contribution in [1.29, 1.82) is 0 Å². The third kappa shape index (κ3) is 6.43. The van der Waals surface area contributed by atoms with Crippen molar-refractivity contribution >= 4 is 21.6 Å². The van der Waals surface area contributed by atoms with E-state index >= 15 is 0 Å². The van der Waals surface area contributed by atoms with E-state index in [1.807, 2.05) is 55.5 Å². The lowest BCUT2D eigenvalue weighted by atomic mass is 9.98. The third-order valence-electron chi connectivity index (χ3n) is 6.78. The summed E-state index contributed by atoms with van der Waals surface area (Å²) in [5.74, 6) is 0.353. The van der Waals surface area contributed by atoms with Gasteiger partial charge in [0.1, 0.15) is 5.69 Å². The lowest BCUT2D eigenvalue weighted by Crippen LogP contribution is -2.25. The van der Waals surface area contributed by atoms with Crippen molar-refractivity contribution in [2.24, 2.45) is 16.8 Å². The molecule has 0 spiro atoms. The van der Waals surface area contributed by atoms with Crippen molar-refractivity contribution in [1.82, 2.24) is 15.1 Å². The maximum atomic E-state index is 13.4. The molecule has 10 heteroatoms. The van der Waals surface area contributed by atoms with Gasteiger partial charge in [0.2, 0.25) is 10.0 Å². The first-order valence-electron chi connectivity index (χ1n) is 12.8. The van der Waals surface area contributed by atoms with E-state index in [2.05, 4.69) is 15.7 Å². The molecule has 1 aliphatic carbocycles. The predicted molar refractivity (Wildman–Crippen MR) is 151 cm³/mol. The molecule has 1 aromatic heterocycles. The fourth-order valence-electron chi connectivity index (χ4n) is 4.55. The smallest absolute Gasteiger partial charge is 0.274 e. The number of nitrogens with two attached hydrogens (primary N) is 2. The number of hydrogen-bond donors (Lipinski definition) is 4. The molecule has 3 aromatic carbocycles. The molecule has 0 bridgehead atoms. The molecule has 5 rings (SSSR count). The molecule has 1 unspecified atom stereocenters. The molecule has 0 saturated heterocycles. The maximum absolute atomic E-state index is 13.4. The first-order valence-corrected chi connectivity index (χ1v) is 14.4. The van der Waals surface area contributed by atoms with Crippen LogP contribution in [-0.2, 0) is 16.6 Å². The fraction of sp³-hybridized carbons (Fsp3) is 0.241. The number of benzene rings is 3. The zero-order chi connectivity index (χ0) is 27.6. The fourth-order valence-corrected chi connectivity index (χ4v) is 5.06. The number of anilines is 1. The van der Waals surface area contributed by atoms with E-state index in [4.69, 9.17) is 10.9 Å². The van der Waals surface area contributed by atoms with Crippen LogP contribution < -0.4 is 21.5 Å². The molecule has 9 nitrogen and oxygen atoms in total. The number of nitrogens with zero attached hydrogens (tertiary/aromatic N) is 2. The number of primary sulfonamides is 1. The van der Waals surface area contributed by atoms with Crippen LogP contribution in [0, 0.1) is 12.8 Å². The lowest BCUT2D eigenvalue weighted by molar-refractivity contribution is 0.101. The van der Waals surface area contributed by atoms with Crippen LogP contribution >= 0.6 is 0 Å². The molecule has 1 fully saturated rings. The van der Waals surface area contributed by atoms with Gasteiger partial charge in [-0.05, 0) is 91.4 Å². The van der Waals surface area contributed by atoms with Crippen molar-refractivity contribution in [3.63, 3.8) is 0 Å². The zero-order valence-electron chi connectivity index (χ0n) is 21.7. The molecule has 39 heavy (non-hydrogen) atoms. The van der Waals surface area contributed by atoms with E-state index in [1.54, 1.807) is 22.9 Å².